The van der Waals surface area contributed by atoms with Gasteiger partial charge in [-0.15, -0.1) is 0 Å². The predicted molar refractivity (Wildman–Crippen MR) is 46.1 cm³/mol. The normalized spacial score (nSPS) is 11.3. The Morgan fingerprint density at radius 3 is 2.33 bits per heavy atom. The molecule has 0 spiro atoms. The average Bonchev–Trinajstić information content (AvgIpc) is 2.10. The number of carbonyl (C=O) groups is 1. The van der Waals surface area contributed by atoms with Crippen molar-refractivity contribution in [1.82, 2.24) is 0 Å². The van der Waals surface area contributed by atoms with Gasteiger partial charge in [0.2, 0.25) is 0 Å². The lowest BCUT2D eigenvalue weighted by Crippen LogP contribution is -1.84. The average molecular weight is 164 g/mol. The van der Waals surface area contributed by atoms with Crippen molar-refractivity contribution in [2.45, 2.75) is 6.92 Å². The summed E-state index contributed by atoms with van der Waals surface area (Å²) in [6.07, 6.45) is 2.45. The number of carbonyl (C=O) groups excluding carboxylic acids is 1. The highest BCUT2D eigenvalue weighted by Crippen LogP contribution is 2.11. The molecular weight excluding hydrogens is 155 g/mol. The Morgan fingerprint density at radius 2 is 1.92 bits per heavy atom. The zero-order valence-corrected chi connectivity index (χ0v) is 6.75. The van der Waals surface area contributed by atoms with E-state index in [1.54, 1.807) is 25.1 Å². The minimum absolute atomic E-state index is 0.292. The van der Waals surface area contributed by atoms with Gasteiger partial charge in [-0.05, 0) is 24.6 Å². The van der Waals surface area contributed by atoms with Crippen LogP contribution in [-0.4, -0.2) is 6.29 Å². The largest absolute Gasteiger partial charge is 0.298 e. The van der Waals surface area contributed by atoms with Gasteiger partial charge in [0.15, 0.2) is 0 Å². The molecule has 0 saturated carbocycles. The van der Waals surface area contributed by atoms with Crippen LogP contribution in [0.15, 0.2) is 30.3 Å². The minimum atomic E-state index is -0.292. The number of rotatable bonds is 2. The summed E-state index contributed by atoms with van der Waals surface area (Å²) in [6, 6.07) is 5.84. The number of aldehydes is 1. The van der Waals surface area contributed by atoms with Crippen LogP contribution in [0.1, 0.15) is 12.5 Å². The van der Waals surface area contributed by atoms with Crippen LogP contribution in [0, 0.1) is 5.82 Å². The molecular formula is C10H9FO. The van der Waals surface area contributed by atoms with Crippen molar-refractivity contribution in [3.63, 3.8) is 0 Å². The number of benzene rings is 1. The predicted octanol–water partition coefficient (Wildman–Crippen LogP) is 2.43. The molecule has 0 atom stereocenters. The quantitative estimate of drug-likeness (QED) is 0.484. The standard InChI is InChI=1S/C10H9FO/c1-2-8(7-12)9-3-5-10(11)6-4-9/h2-7H,1H3/b8-2+. The molecule has 0 saturated heterocycles. The maximum atomic E-state index is 12.5. The maximum Gasteiger partial charge on any atom is 0.150 e. The van der Waals surface area contributed by atoms with Crippen LogP contribution < -0.4 is 0 Å². The minimum Gasteiger partial charge on any atom is -0.298 e. The lowest BCUT2D eigenvalue weighted by molar-refractivity contribution is -0.103. The van der Waals surface area contributed by atoms with Crippen LogP contribution in [0.4, 0.5) is 4.39 Å². The van der Waals surface area contributed by atoms with Gasteiger partial charge in [-0.2, -0.15) is 0 Å². The summed E-state index contributed by atoms with van der Waals surface area (Å²) in [4.78, 5) is 10.5. The van der Waals surface area contributed by atoms with Gasteiger partial charge in [-0.3, -0.25) is 4.79 Å². The van der Waals surface area contributed by atoms with E-state index in [1.807, 2.05) is 0 Å². The van der Waals surface area contributed by atoms with Crippen LogP contribution >= 0.6 is 0 Å². The van der Waals surface area contributed by atoms with Gasteiger partial charge in [0.05, 0.1) is 0 Å². The summed E-state index contributed by atoms with van der Waals surface area (Å²) in [5.74, 6) is -0.292. The second-order valence-corrected chi connectivity index (χ2v) is 2.37. The molecule has 0 unspecified atom stereocenters. The molecule has 0 radical (unpaired) electrons. The molecule has 12 heavy (non-hydrogen) atoms. The van der Waals surface area contributed by atoms with Crippen LogP contribution in [0.25, 0.3) is 5.57 Å². The van der Waals surface area contributed by atoms with Crippen molar-refractivity contribution in [3.05, 3.63) is 41.7 Å². The van der Waals surface area contributed by atoms with Gasteiger partial charge in [-0.25, -0.2) is 4.39 Å². The lowest BCUT2D eigenvalue weighted by Gasteiger charge is -1.97. The number of halogens is 1. The van der Waals surface area contributed by atoms with Crippen LogP contribution in [0.5, 0.6) is 0 Å². The van der Waals surface area contributed by atoms with Gasteiger partial charge in [0.1, 0.15) is 12.1 Å². The van der Waals surface area contributed by atoms with Crippen molar-refractivity contribution in [1.29, 1.82) is 0 Å². The summed E-state index contributed by atoms with van der Waals surface area (Å²) in [6.45, 7) is 1.77. The summed E-state index contributed by atoms with van der Waals surface area (Å²) >= 11 is 0. The molecule has 0 aliphatic rings. The third-order valence-electron chi connectivity index (χ3n) is 1.62. The van der Waals surface area contributed by atoms with Gasteiger partial charge < -0.3 is 0 Å². The summed E-state index contributed by atoms with van der Waals surface area (Å²) in [5.41, 5.74) is 1.32. The van der Waals surface area contributed by atoms with Gasteiger partial charge in [0.25, 0.3) is 0 Å². The molecule has 0 amide bonds. The van der Waals surface area contributed by atoms with Crippen molar-refractivity contribution in [3.8, 4) is 0 Å². The monoisotopic (exact) mass is 164 g/mol. The molecule has 0 bridgehead atoms. The third kappa shape index (κ3) is 1.78. The second-order valence-electron chi connectivity index (χ2n) is 2.37. The highest BCUT2D eigenvalue weighted by atomic mass is 19.1. The van der Waals surface area contributed by atoms with Crippen molar-refractivity contribution in [2.24, 2.45) is 0 Å². The molecule has 0 aliphatic heterocycles. The first-order valence-electron chi connectivity index (χ1n) is 3.65. The van der Waals surface area contributed by atoms with E-state index < -0.39 is 0 Å². The fraction of sp³-hybridized carbons (Fsp3) is 0.100. The molecule has 1 nitrogen and oxygen atoms in total. The smallest absolute Gasteiger partial charge is 0.150 e. The summed E-state index contributed by atoms with van der Waals surface area (Å²) in [7, 11) is 0. The molecule has 0 heterocycles. The van der Waals surface area contributed by atoms with Crippen molar-refractivity contribution < 1.29 is 9.18 Å². The van der Waals surface area contributed by atoms with E-state index in [9.17, 15) is 9.18 Å². The summed E-state index contributed by atoms with van der Waals surface area (Å²) in [5, 5.41) is 0. The molecule has 62 valence electrons. The number of hydrogen-bond donors (Lipinski definition) is 0. The van der Waals surface area contributed by atoms with E-state index in [0.717, 1.165) is 11.8 Å². The highest BCUT2D eigenvalue weighted by molar-refractivity contribution is 6.06. The molecule has 1 aromatic carbocycles. The fourth-order valence-electron chi connectivity index (χ4n) is 0.945. The van der Waals surface area contributed by atoms with Crippen molar-refractivity contribution in [2.75, 3.05) is 0 Å². The number of hydrogen-bond acceptors (Lipinski definition) is 1. The number of allylic oxidation sites excluding steroid dienone is 2. The molecule has 1 aromatic rings. The first-order valence-corrected chi connectivity index (χ1v) is 3.65. The summed E-state index contributed by atoms with van der Waals surface area (Å²) < 4.78 is 12.5. The van der Waals surface area contributed by atoms with Crippen molar-refractivity contribution >= 4 is 11.9 Å². The second kappa shape index (κ2) is 3.81. The molecule has 0 fully saturated rings. The van der Waals surface area contributed by atoms with Crippen LogP contribution in [-0.2, 0) is 4.79 Å². The zero-order chi connectivity index (χ0) is 8.97. The molecule has 0 aromatic heterocycles. The van der Waals surface area contributed by atoms with Gasteiger partial charge in [-0.1, -0.05) is 18.2 Å². The fourth-order valence-corrected chi connectivity index (χ4v) is 0.945. The molecule has 0 N–H and O–H groups in total. The SMILES string of the molecule is C/C=C(\C=O)c1ccc(F)cc1. The van der Waals surface area contributed by atoms with E-state index in [-0.39, 0.29) is 5.82 Å². The van der Waals surface area contributed by atoms with Crippen LogP contribution in [0.2, 0.25) is 0 Å². The Morgan fingerprint density at radius 1 is 1.33 bits per heavy atom. The third-order valence-corrected chi connectivity index (χ3v) is 1.62. The topological polar surface area (TPSA) is 17.1 Å². The van der Waals surface area contributed by atoms with Gasteiger partial charge >= 0.3 is 0 Å². The Labute approximate surface area is 70.5 Å². The molecule has 0 aliphatic carbocycles. The van der Waals surface area contributed by atoms with E-state index >= 15 is 0 Å². The Bertz CT molecular complexity index is 298. The Hall–Kier alpha value is -1.44. The van der Waals surface area contributed by atoms with E-state index in [1.165, 1.54) is 12.1 Å². The van der Waals surface area contributed by atoms with E-state index in [4.69, 9.17) is 0 Å². The van der Waals surface area contributed by atoms with E-state index in [2.05, 4.69) is 0 Å². The van der Waals surface area contributed by atoms with Gasteiger partial charge in [0, 0.05) is 5.57 Å². The zero-order valence-electron chi connectivity index (χ0n) is 6.75. The van der Waals surface area contributed by atoms with Crippen LogP contribution in [0.3, 0.4) is 0 Å². The maximum absolute atomic E-state index is 12.5. The first-order chi connectivity index (χ1) is 5.77. The highest BCUT2D eigenvalue weighted by Gasteiger charge is 1.97. The lowest BCUT2D eigenvalue weighted by atomic mass is 10.1. The molecule has 1 rings (SSSR count). The Balaban J connectivity index is 3.04. The molecule has 2 heteroatoms. The first kappa shape index (κ1) is 8.65. The van der Waals surface area contributed by atoms with E-state index in [0.29, 0.717) is 5.57 Å². The Kier molecular flexibility index (Phi) is 2.75.